The van der Waals surface area contributed by atoms with Crippen LogP contribution in [0.2, 0.25) is 0 Å². The van der Waals surface area contributed by atoms with Gasteiger partial charge in [-0.05, 0) is 12.0 Å². The Labute approximate surface area is 162 Å². The fraction of sp³-hybridized carbons (Fsp3) is 0.450. The highest BCUT2D eigenvalue weighted by Gasteiger charge is 2.33. The van der Waals surface area contributed by atoms with Gasteiger partial charge in [-0.2, -0.15) is 0 Å². The number of imidazole rings is 1. The number of aromatic nitrogens is 4. The third-order valence-corrected chi connectivity index (χ3v) is 5.21. The van der Waals surface area contributed by atoms with E-state index in [1.165, 1.54) is 11.6 Å². The first-order valence-electron chi connectivity index (χ1n) is 9.45. The summed E-state index contributed by atoms with van der Waals surface area (Å²) in [5.74, 6) is 0.601. The largest absolute Gasteiger partial charge is 0.396 e. The zero-order valence-corrected chi connectivity index (χ0v) is 16.6. The molecule has 0 saturated carbocycles. The van der Waals surface area contributed by atoms with Crippen LogP contribution in [0.5, 0.6) is 0 Å². The summed E-state index contributed by atoms with van der Waals surface area (Å²) in [7, 11) is 3.04. The van der Waals surface area contributed by atoms with Gasteiger partial charge in [0, 0.05) is 33.5 Å². The number of aryl methyl sites for hydroxylation is 1. The van der Waals surface area contributed by atoms with E-state index >= 15 is 0 Å². The number of benzene rings is 1. The molecule has 8 nitrogen and oxygen atoms in total. The van der Waals surface area contributed by atoms with E-state index in [1.807, 2.05) is 37.3 Å². The van der Waals surface area contributed by atoms with Gasteiger partial charge in [0.05, 0.1) is 5.66 Å². The van der Waals surface area contributed by atoms with Gasteiger partial charge in [-0.1, -0.05) is 43.7 Å². The molecule has 0 saturated heterocycles. The molecule has 1 unspecified atom stereocenters. The van der Waals surface area contributed by atoms with Crippen molar-refractivity contribution in [1.29, 1.82) is 0 Å². The molecule has 2 aromatic heterocycles. The van der Waals surface area contributed by atoms with Crippen LogP contribution in [0.4, 0.5) is 0 Å². The number of aliphatic hydroxyl groups excluding tert-OH is 1. The van der Waals surface area contributed by atoms with Crippen molar-refractivity contribution < 1.29 is 5.11 Å². The molecule has 2 heterocycles. The summed E-state index contributed by atoms with van der Waals surface area (Å²) in [6.45, 7) is 1.88. The Hall–Kier alpha value is -2.71. The first-order valence-corrected chi connectivity index (χ1v) is 9.45. The molecule has 3 rings (SSSR count). The van der Waals surface area contributed by atoms with Crippen LogP contribution in [0.1, 0.15) is 37.6 Å². The summed E-state index contributed by atoms with van der Waals surface area (Å²) in [5, 5.41) is 9.65. The van der Waals surface area contributed by atoms with E-state index in [9.17, 15) is 14.7 Å². The second-order valence-corrected chi connectivity index (χ2v) is 7.23. The van der Waals surface area contributed by atoms with E-state index in [1.54, 1.807) is 11.6 Å². The minimum atomic E-state index is -0.980. The predicted molar refractivity (Wildman–Crippen MR) is 108 cm³/mol. The van der Waals surface area contributed by atoms with Crippen molar-refractivity contribution in [3.05, 3.63) is 62.6 Å². The third kappa shape index (κ3) is 3.29. The van der Waals surface area contributed by atoms with Crippen LogP contribution in [-0.2, 0) is 26.2 Å². The molecule has 0 aliphatic carbocycles. The molecular formula is C20H27N5O3. The lowest BCUT2D eigenvalue weighted by molar-refractivity contribution is 0.177. The van der Waals surface area contributed by atoms with Crippen LogP contribution < -0.4 is 17.0 Å². The Morgan fingerprint density at radius 2 is 1.79 bits per heavy atom. The van der Waals surface area contributed by atoms with Crippen molar-refractivity contribution in [2.45, 2.75) is 38.3 Å². The van der Waals surface area contributed by atoms with Gasteiger partial charge in [-0.25, -0.2) is 9.78 Å². The van der Waals surface area contributed by atoms with Crippen LogP contribution in [0.3, 0.4) is 0 Å². The SMILES string of the molecule is CCCC(N)(CCO)n1c(Cc2ccccc2)nc2c1c(=O)n(C)c(=O)n2C. The molecule has 0 radical (unpaired) electrons. The number of nitrogens with two attached hydrogens (primary N) is 1. The zero-order valence-electron chi connectivity index (χ0n) is 16.6. The standard InChI is InChI=1S/C20H27N5O3/c1-4-10-20(21,11-12-26)25-15(13-14-8-6-5-7-9-14)22-17-16(25)18(27)24(3)19(28)23(17)2/h5-9,26H,4,10-13,21H2,1-3H3. The number of aliphatic hydroxyl groups is 1. The van der Waals surface area contributed by atoms with E-state index in [4.69, 9.17) is 5.73 Å². The van der Waals surface area contributed by atoms with Crippen LogP contribution >= 0.6 is 0 Å². The molecule has 150 valence electrons. The van der Waals surface area contributed by atoms with E-state index in [2.05, 4.69) is 4.98 Å². The van der Waals surface area contributed by atoms with Crippen LogP contribution in [0.15, 0.2) is 39.9 Å². The van der Waals surface area contributed by atoms with Gasteiger partial charge in [-0.15, -0.1) is 0 Å². The topological polar surface area (TPSA) is 108 Å². The van der Waals surface area contributed by atoms with Crippen LogP contribution in [0.25, 0.3) is 11.2 Å². The predicted octanol–water partition coefficient (Wildman–Crippen LogP) is 0.819. The molecule has 28 heavy (non-hydrogen) atoms. The molecule has 0 bridgehead atoms. The summed E-state index contributed by atoms with van der Waals surface area (Å²) in [5.41, 5.74) is 6.50. The lowest BCUT2D eigenvalue weighted by Crippen LogP contribution is -2.47. The minimum Gasteiger partial charge on any atom is -0.396 e. The number of fused-ring (bicyclic) bond motifs is 1. The van der Waals surface area contributed by atoms with Crippen molar-refractivity contribution in [1.82, 2.24) is 18.7 Å². The summed E-state index contributed by atoms with van der Waals surface area (Å²) in [6, 6.07) is 9.76. The Morgan fingerprint density at radius 3 is 2.39 bits per heavy atom. The Morgan fingerprint density at radius 1 is 1.11 bits per heavy atom. The number of hydrogen-bond acceptors (Lipinski definition) is 5. The van der Waals surface area contributed by atoms with Gasteiger partial charge in [0.15, 0.2) is 11.2 Å². The maximum atomic E-state index is 13.0. The van der Waals surface area contributed by atoms with Crippen molar-refractivity contribution in [2.24, 2.45) is 19.8 Å². The third-order valence-electron chi connectivity index (χ3n) is 5.21. The molecule has 3 aromatic rings. The number of hydrogen-bond donors (Lipinski definition) is 2. The van der Waals surface area contributed by atoms with Gasteiger partial charge in [-0.3, -0.25) is 13.9 Å². The Bertz CT molecular complexity index is 1090. The summed E-state index contributed by atoms with van der Waals surface area (Å²) < 4.78 is 4.18. The average Bonchev–Trinajstić information content (AvgIpc) is 3.06. The lowest BCUT2D eigenvalue weighted by Gasteiger charge is -2.32. The van der Waals surface area contributed by atoms with E-state index < -0.39 is 16.9 Å². The molecular weight excluding hydrogens is 358 g/mol. The summed E-state index contributed by atoms with van der Waals surface area (Å²) >= 11 is 0. The monoisotopic (exact) mass is 385 g/mol. The smallest absolute Gasteiger partial charge is 0.332 e. The van der Waals surface area contributed by atoms with Crippen molar-refractivity contribution >= 4 is 11.2 Å². The summed E-state index contributed by atoms with van der Waals surface area (Å²) in [6.07, 6.45) is 2.07. The first kappa shape index (κ1) is 20.0. The highest BCUT2D eigenvalue weighted by Crippen LogP contribution is 2.27. The normalized spacial score (nSPS) is 13.8. The van der Waals surface area contributed by atoms with E-state index in [0.29, 0.717) is 29.8 Å². The number of rotatable bonds is 7. The summed E-state index contributed by atoms with van der Waals surface area (Å²) in [4.78, 5) is 30.1. The van der Waals surface area contributed by atoms with Gasteiger partial charge < -0.3 is 15.4 Å². The van der Waals surface area contributed by atoms with Crippen molar-refractivity contribution in [3.8, 4) is 0 Å². The van der Waals surface area contributed by atoms with Gasteiger partial charge >= 0.3 is 5.69 Å². The maximum absolute atomic E-state index is 13.0. The molecule has 1 aromatic carbocycles. The minimum absolute atomic E-state index is 0.118. The Balaban J connectivity index is 2.38. The van der Waals surface area contributed by atoms with Gasteiger partial charge in [0.25, 0.3) is 5.56 Å². The molecule has 0 spiro atoms. The van der Waals surface area contributed by atoms with Gasteiger partial charge in [0.2, 0.25) is 0 Å². The zero-order chi connectivity index (χ0) is 20.5. The molecule has 0 amide bonds. The van der Waals surface area contributed by atoms with E-state index in [-0.39, 0.29) is 13.0 Å². The molecule has 0 aliphatic rings. The fourth-order valence-electron chi connectivity index (χ4n) is 3.79. The van der Waals surface area contributed by atoms with Crippen molar-refractivity contribution in [2.75, 3.05) is 6.61 Å². The maximum Gasteiger partial charge on any atom is 0.332 e. The lowest BCUT2D eigenvalue weighted by atomic mass is 10.00. The fourth-order valence-corrected chi connectivity index (χ4v) is 3.79. The second kappa shape index (κ2) is 7.73. The Kier molecular flexibility index (Phi) is 5.53. The number of nitrogens with zero attached hydrogens (tertiary/aromatic N) is 4. The average molecular weight is 385 g/mol. The molecule has 8 heteroatoms. The highest BCUT2D eigenvalue weighted by molar-refractivity contribution is 5.71. The molecule has 0 aliphatic heterocycles. The van der Waals surface area contributed by atoms with Gasteiger partial charge in [0.1, 0.15) is 5.82 Å². The highest BCUT2D eigenvalue weighted by atomic mass is 16.3. The first-order chi connectivity index (χ1) is 13.3. The molecule has 3 N–H and O–H groups in total. The molecule has 0 fully saturated rings. The van der Waals surface area contributed by atoms with E-state index in [0.717, 1.165) is 16.6 Å². The molecule has 1 atom stereocenters. The van der Waals surface area contributed by atoms with Crippen LogP contribution in [-0.4, -0.2) is 30.4 Å². The quantitative estimate of drug-likeness (QED) is 0.626. The second-order valence-electron chi connectivity index (χ2n) is 7.23. The van der Waals surface area contributed by atoms with Crippen LogP contribution in [0, 0.1) is 0 Å². The van der Waals surface area contributed by atoms with Crippen molar-refractivity contribution in [3.63, 3.8) is 0 Å².